The lowest BCUT2D eigenvalue weighted by Crippen LogP contribution is -2.20. The number of hydrogen-bond acceptors (Lipinski definition) is 3. The van der Waals surface area contributed by atoms with Gasteiger partial charge in [0.15, 0.2) is 0 Å². The van der Waals surface area contributed by atoms with Crippen LogP contribution in [0.1, 0.15) is 11.3 Å². The van der Waals surface area contributed by atoms with E-state index in [1.807, 2.05) is 32.0 Å². The maximum atomic E-state index is 13.2. The second kappa shape index (κ2) is 7.74. The quantitative estimate of drug-likeness (QED) is 0.376. The first-order valence-electron chi connectivity index (χ1n) is 9.28. The second-order valence-electron chi connectivity index (χ2n) is 7.05. The largest absolute Gasteiger partial charge is 0.573 e. The molecule has 0 aliphatic rings. The lowest BCUT2D eigenvalue weighted by atomic mass is 10.0. The molecule has 0 spiro atoms. The summed E-state index contributed by atoms with van der Waals surface area (Å²) in [6, 6.07) is 14.2. The zero-order chi connectivity index (χ0) is 22.3. The average molecular weight is 445 g/mol. The second-order valence-corrected chi connectivity index (χ2v) is 7.49. The number of aryl methyl sites for hydroxylation is 2. The molecule has 158 valence electrons. The van der Waals surface area contributed by atoms with Crippen LogP contribution in [0.15, 0.2) is 65.6 Å². The molecule has 0 atom stereocenters. The lowest BCUT2D eigenvalue weighted by molar-refractivity contribution is -0.274. The molecular weight excluding hydrogens is 429 g/mol. The molecule has 0 saturated carbocycles. The number of pyridine rings is 2. The number of nitrogens with zero attached hydrogens (tertiary/aromatic N) is 2. The first kappa shape index (κ1) is 20.9. The first-order valence-corrected chi connectivity index (χ1v) is 9.66. The van der Waals surface area contributed by atoms with Crippen molar-refractivity contribution in [3.63, 3.8) is 0 Å². The normalized spacial score (nSPS) is 11.7. The van der Waals surface area contributed by atoms with Crippen molar-refractivity contribution in [2.24, 2.45) is 0 Å². The molecule has 4 rings (SSSR count). The summed E-state index contributed by atoms with van der Waals surface area (Å²) < 4.78 is 42.6. The van der Waals surface area contributed by atoms with Gasteiger partial charge >= 0.3 is 6.36 Å². The van der Waals surface area contributed by atoms with E-state index < -0.39 is 6.36 Å². The molecule has 0 amide bonds. The highest BCUT2D eigenvalue weighted by Crippen LogP contribution is 2.30. The van der Waals surface area contributed by atoms with Crippen molar-refractivity contribution in [2.45, 2.75) is 20.2 Å². The van der Waals surface area contributed by atoms with Gasteiger partial charge in [-0.25, -0.2) is 4.98 Å². The van der Waals surface area contributed by atoms with E-state index in [2.05, 4.69) is 9.72 Å². The maximum absolute atomic E-state index is 13.2. The van der Waals surface area contributed by atoms with Gasteiger partial charge in [0.25, 0.3) is 5.56 Å². The Kier molecular flexibility index (Phi) is 5.23. The average Bonchev–Trinajstić information content (AvgIpc) is 2.70. The van der Waals surface area contributed by atoms with Gasteiger partial charge in [-0.1, -0.05) is 23.7 Å². The van der Waals surface area contributed by atoms with Crippen molar-refractivity contribution < 1.29 is 17.9 Å². The molecule has 4 aromatic rings. The zero-order valence-electron chi connectivity index (χ0n) is 16.5. The highest BCUT2D eigenvalue weighted by atomic mass is 35.5. The van der Waals surface area contributed by atoms with Crippen molar-refractivity contribution >= 4 is 22.5 Å². The SMILES string of the molecule is Cc1cc2c(-c3ccc(Cl)cc3)cn(-c3ccc(OC(F)(F)F)cc3)c(=O)c2nc1C. The molecule has 0 aliphatic carbocycles. The van der Waals surface area contributed by atoms with Crippen LogP contribution in [-0.2, 0) is 0 Å². The predicted molar refractivity (Wildman–Crippen MR) is 114 cm³/mol. The summed E-state index contributed by atoms with van der Waals surface area (Å²) in [5.74, 6) is -0.368. The van der Waals surface area contributed by atoms with E-state index in [0.29, 0.717) is 16.1 Å². The third kappa shape index (κ3) is 4.27. The van der Waals surface area contributed by atoms with Crippen molar-refractivity contribution in [3.05, 3.63) is 87.4 Å². The van der Waals surface area contributed by atoms with Crippen molar-refractivity contribution in [1.82, 2.24) is 9.55 Å². The smallest absolute Gasteiger partial charge is 0.406 e. The number of halogens is 4. The van der Waals surface area contributed by atoms with Gasteiger partial charge in [-0.15, -0.1) is 13.2 Å². The fourth-order valence-electron chi connectivity index (χ4n) is 3.30. The summed E-state index contributed by atoms with van der Waals surface area (Å²) in [7, 11) is 0. The summed E-state index contributed by atoms with van der Waals surface area (Å²) in [6.45, 7) is 3.73. The van der Waals surface area contributed by atoms with E-state index in [1.54, 1.807) is 18.3 Å². The zero-order valence-corrected chi connectivity index (χ0v) is 17.3. The predicted octanol–water partition coefficient (Wildman–Crippen LogP) is 6.22. The fraction of sp³-hybridized carbons (Fsp3) is 0.130. The monoisotopic (exact) mass is 444 g/mol. The molecule has 8 heteroatoms. The Morgan fingerprint density at radius 3 is 2.26 bits per heavy atom. The Bertz CT molecular complexity index is 1330. The van der Waals surface area contributed by atoms with Crippen LogP contribution in [0.4, 0.5) is 13.2 Å². The van der Waals surface area contributed by atoms with E-state index in [-0.39, 0.29) is 16.8 Å². The van der Waals surface area contributed by atoms with Gasteiger partial charge in [-0.05, 0) is 67.4 Å². The minimum absolute atomic E-state index is 0.270. The maximum Gasteiger partial charge on any atom is 0.573 e. The number of rotatable bonds is 3. The van der Waals surface area contributed by atoms with Crippen molar-refractivity contribution in [1.29, 1.82) is 0 Å². The molecule has 0 aliphatic heterocycles. The summed E-state index contributed by atoms with van der Waals surface area (Å²) in [6.07, 6.45) is -3.13. The number of fused-ring (bicyclic) bond motifs is 1. The molecule has 0 fully saturated rings. The number of alkyl halides is 3. The van der Waals surface area contributed by atoms with Gasteiger partial charge in [0.2, 0.25) is 0 Å². The van der Waals surface area contributed by atoms with E-state index in [0.717, 1.165) is 34.5 Å². The summed E-state index contributed by atoms with van der Waals surface area (Å²) in [5.41, 5.74) is 3.51. The molecule has 0 unspecified atom stereocenters. The number of ether oxygens (including phenoxy) is 1. The van der Waals surface area contributed by atoms with E-state index >= 15 is 0 Å². The Morgan fingerprint density at radius 2 is 1.65 bits per heavy atom. The topological polar surface area (TPSA) is 44.1 Å². The van der Waals surface area contributed by atoms with Gasteiger partial charge in [-0.2, -0.15) is 0 Å². The highest BCUT2D eigenvalue weighted by Gasteiger charge is 2.31. The van der Waals surface area contributed by atoms with Gasteiger partial charge < -0.3 is 4.74 Å². The molecule has 0 bridgehead atoms. The number of hydrogen-bond donors (Lipinski definition) is 0. The third-order valence-corrected chi connectivity index (χ3v) is 5.19. The van der Waals surface area contributed by atoms with Crippen LogP contribution in [0.5, 0.6) is 5.75 Å². The lowest BCUT2D eigenvalue weighted by Gasteiger charge is -2.15. The highest BCUT2D eigenvalue weighted by molar-refractivity contribution is 6.30. The van der Waals surface area contributed by atoms with Crippen LogP contribution in [0.25, 0.3) is 27.7 Å². The molecule has 2 aromatic carbocycles. The molecule has 0 radical (unpaired) electrons. The van der Waals surface area contributed by atoms with Crippen LogP contribution in [0, 0.1) is 13.8 Å². The summed E-state index contributed by atoms with van der Waals surface area (Å²) in [4.78, 5) is 17.7. The molecule has 31 heavy (non-hydrogen) atoms. The minimum atomic E-state index is -4.79. The third-order valence-electron chi connectivity index (χ3n) is 4.94. The summed E-state index contributed by atoms with van der Waals surface area (Å²) in [5, 5.41) is 1.26. The van der Waals surface area contributed by atoms with Crippen LogP contribution in [0.2, 0.25) is 5.02 Å². The van der Waals surface area contributed by atoms with Crippen molar-refractivity contribution in [2.75, 3.05) is 0 Å². The number of benzene rings is 2. The van der Waals surface area contributed by atoms with Gasteiger partial charge in [0.1, 0.15) is 11.3 Å². The van der Waals surface area contributed by atoms with Crippen LogP contribution < -0.4 is 10.3 Å². The first-order chi connectivity index (χ1) is 14.6. The van der Waals surface area contributed by atoms with Gasteiger partial charge in [-0.3, -0.25) is 9.36 Å². The Balaban J connectivity index is 1.94. The Hall–Kier alpha value is -3.32. The molecule has 0 N–H and O–H groups in total. The van der Waals surface area contributed by atoms with Crippen molar-refractivity contribution in [3.8, 4) is 22.6 Å². The van der Waals surface area contributed by atoms with E-state index in [1.165, 1.54) is 16.7 Å². The minimum Gasteiger partial charge on any atom is -0.406 e. The standard InChI is InChI=1S/C23H16ClF3N2O2/c1-13-11-19-20(15-3-5-16(24)6-4-15)12-29(22(30)21(19)28-14(13)2)17-7-9-18(10-8-17)31-23(25,26)27/h3-12H,1-2H3. The number of aromatic nitrogens is 2. The summed E-state index contributed by atoms with van der Waals surface area (Å²) >= 11 is 6.02. The van der Waals surface area contributed by atoms with Crippen LogP contribution >= 0.6 is 11.6 Å². The fourth-order valence-corrected chi connectivity index (χ4v) is 3.43. The Labute approximate surface area is 180 Å². The molecule has 2 heterocycles. The van der Waals surface area contributed by atoms with Crippen LogP contribution in [-0.4, -0.2) is 15.9 Å². The van der Waals surface area contributed by atoms with Crippen LogP contribution in [0.3, 0.4) is 0 Å². The van der Waals surface area contributed by atoms with E-state index in [9.17, 15) is 18.0 Å². The molecule has 2 aromatic heterocycles. The molecule has 0 saturated heterocycles. The van der Waals surface area contributed by atoms with Gasteiger partial charge in [0, 0.05) is 33.6 Å². The molecule has 4 nitrogen and oxygen atoms in total. The Morgan fingerprint density at radius 1 is 1.00 bits per heavy atom. The molecular formula is C23H16ClF3N2O2. The van der Waals surface area contributed by atoms with Gasteiger partial charge in [0.05, 0.1) is 0 Å². The van der Waals surface area contributed by atoms with E-state index in [4.69, 9.17) is 11.6 Å².